The normalized spacial score (nSPS) is 10.6. The van der Waals surface area contributed by atoms with E-state index >= 15 is 0 Å². The zero-order valence-electron chi connectivity index (χ0n) is 20.5. The van der Waals surface area contributed by atoms with Gasteiger partial charge < -0.3 is 30.7 Å². The number of carbonyl (C=O) groups is 2. The number of amides is 1. The number of hydrogen-bond acceptors (Lipinski definition) is 7. The Labute approximate surface area is 212 Å². The van der Waals surface area contributed by atoms with E-state index in [1.165, 1.54) is 5.56 Å². The van der Waals surface area contributed by atoms with Crippen LogP contribution in [0.1, 0.15) is 28.8 Å². The number of H-pyrrole nitrogens is 1. The van der Waals surface area contributed by atoms with Gasteiger partial charge in [0.25, 0.3) is 11.7 Å². The van der Waals surface area contributed by atoms with Crippen LogP contribution in [-0.4, -0.2) is 39.0 Å². The molecule has 0 saturated heterocycles. The minimum atomic E-state index is -0.500. The molecule has 0 atom stereocenters. The summed E-state index contributed by atoms with van der Waals surface area (Å²) in [4.78, 5) is 32.9. The van der Waals surface area contributed by atoms with Gasteiger partial charge in [0.05, 0.1) is 13.7 Å². The first-order valence-electron chi connectivity index (χ1n) is 11.6. The Morgan fingerprint density at radius 3 is 2.68 bits per heavy atom. The molecule has 3 heterocycles. The Kier molecular flexibility index (Phi) is 7.62. The summed E-state index contributed by atoms with van der Waals surface area (Å²) in [6.45, 7) is 3.27. The average Bonchev–Trinajstić information content (AvgIpc) is 3.48. The van der Waals surface area contributed by atoms with Crippen LogP contribution >= 0.6 is 0 Å². The van der Waals surface area contributed by atoms with Crippen LogP contribution in [0.25, 0.3) is 22.2 Å². The first-order chi connectivity index (χ1) is 18.0. The third-order valence-electron chi connectivity index (χ3n) is 5.92. The SMILES string of the molecule is CCn1c(CNC(=O)c2nc3cc[nH]c3nc2N)[n+](Cc2ccccc2)c2ccc(OC)cc21.O=C[O-]. The van der Waals surface area contributed by atoms with Gasteiger partial charge in [0.15, 0.2) is 28.2 Å². The van der Waals surface area contributed by atoms with Crippen LogP contribution in [0.3, 0.4) is 0 Å². The zero-order chi connectivity index (χ0) is 26.4. The van der Waals surface area contributed by atoms with Gasteiger partial charge in [-0.25, -0.2) is 19.1 Å². The predicted molar refractivity (Wildman–Crippen MR) is 135 cm³/mol. The molecule has 37 heavy (non-hydrogen) atoms. The number of aromatic amines is 1. The van der Waals surface area contributed by atoms with E-state index in [9.17, 15) is 4.79 Å². The number of fused-ring (bicyclic) bond motifs is 2. The maximum absolute atomic E-state index is 13.0. The molecule has 11 heteroatoms. The topological polar surface area (TPSA) is 155 Å². The molecule has 0 spiro atoms. The lowest BCUT2D eigenvalue weighted by Crippen LogP contribution is -2.41. The summed E-state index contributed by atoms with van der Waals surface area (Å²) >= 11 is 0. The molecule has 0 aliphatic rings. The second kappa shape index (κ2) is 11.2. The van der Waals surface area contributed by atoms with Crippen molar-refractivity contribution in [3.8, 4) is 5.75 Å². The Morgan fingerprint density at radius 2 is 1.97 bits per heavy atom. The number of nitrogens with two attached hydrogens (primary N) is 1. The molecule has 0 radical (unpaired) electrons. The van der Waals surface area contributed by atoms with Gasteiger partial charge in [-0.15, -0.1) is 0 Å². The minimum Gasteiger partial charge on any atom is -0.554 e. The monoisotopic (exact) mass is 501 g/mol. The van der Waals surface area contributed by atoms with Crippen LogP contribution in [0.2, 0.25) is 0 Å². The van der Waals surface area contributed by atoms with Crippen molar-refractivity contribution in [3.63, 3.8) is 0 Å². The molecule has 3 aromatic heterocycles. The number of rotatable bonds is 7. The highest BCUT2D eigenvalue weighted by atomic mass is 16.5. The van der Waals surface area contributed by atoms with Gasteiger partial charge in [-0.1, -0.05) is 30.3 Å². The number of ether oxygens (including phenoxy) is 1. The summed E-state index contributed by atoms with van der Waals surface area (Å²) in [7, 11) is 1.66. The van der Waals surface area contributed by atoms with Crippen molar-refractivity contribution in [1.29, 1.82) is 0 Å². The van der Waals surface area contributed by atoms with Crippen LogP contribution in [0.15, 0.2) is 60.8 Å². The Hall–Kier alpha value is -4.93. The smallest absolute Gasteiger partial charge is 0.277 e. The highest BCUT2D eigenvalue weighted by Gasteiger charge is 2.26. The van der Waals surface area contributed by atoms with Crippen molar-refractivity contribution >= 4 is 40.4 Å². The quantitative estimate of drug-likeness (QED) is 0.223. The van der Waals surface area contributed by atoms with E-state index in [4.69, 9.17) is 20.4 Å². The van der Waals surface area contributed by atoms with Crippen LogP contribution < -0.4 is 25.5 Å². The highest BCUT2D eigenvalue weighted by molar-refractivity contribution is 5.98. The van der Waals surface area contributed by atoms with Crippen molar-refractivity contribution in [3.05, 3.63) is 77.9 Å². The molecular weight excluding hydrogens is 474 g/mol. The fourth-order valence-electron chi connectivity index (χ4n) is 4.28. The fourth-order valence-corrected chi connectivity index (χ4v) is 4.28. The molecule has 0 aliphatic heterocycles. The number of nitrogens with zero attached hydrogens (tertiary/aromatic N) is 4. The number of methoxy groups -OCH3 is 1. The molecule has 0 saturated carbocycles. The van der Waals surface area contributed by atoms with Gasteiger partial charge in [-0.3, -0.25) is 4.79 Å². The van der Waals surface area contributed by atoms with Gasteiger partial charge in [-0.2, -0.15) is 0 Å². The standard InChI is InChI=1S/C25H25N7O2.CH2O2/c1-3-31-20-13-17(34-2)9-10-19(20)32(15-16-7-5-4-6-8-16)21(31)14-28-25(33)22-23(26)30-24-18(29-22)11-12-27-24;2-1-3/h4-13H,3,14-15H2,1-2H3,(H3-,26,27,28,29,30,33);1H,(H,2,3). The third-order valence-corrected chi connectivity index (χ3v) is 5.92. The van der Waals surface area contributed by atoms with Gasteiger partial charge in [-0.05, 0) is 30.7 Å². The lowest BCUT2D eigenvalue weighted by Gasteiger charge is -2.08. The summed E-state index contributed by atoms with van der Waals surface area (Å²) in [6.07, 6.45) is 1.71. The molecule has 5 aromatic rings. The van der Waals surface area contributed by atoms with E-state index < -0.39 is 6.47 Å². The van der Waals surface area contributed by atoms with Gasteiger partial charge in [0.1, 0.15) is 24.4 Å². The van der Waals surface area contributed by atoms with E-state index in [0.717, 1.165) is 29.2 Å². The summed E-state index contributed by atoms with van der Waals surface area (Å²) in [6, 6.07) is 18.0. The second-order valence-corrected chi connectivity index (χ2v) is 8.03. The molecule has 5 rings (SSSR count). The average molecular weight is 502 g/mol. The Balaban J connectivity index is 0.00000102. The summed E-state index contributed by atoms with van der Waals surface area (Å²) in [5.74, 6) is 1.46. The Bertz CT molecular complexity index is 1540. The highest BCUT2D eigenvalue weighted by Crippen LogP contribution is 2.22. The molecule has 4 N–H and O–H groups in total. The van der Waals surface area contributed by atoms with Crippen LogP contribution in [-0.2, 0) is 24.4 Å². The number of aryl methyl sites for hydroxylation is 1. The van der Waals surface area contributed by atoms with Gasteiger partial charge >= 0.3 is 0 Å². The zero-order valence-corrected chi connectivity index (χ0v) is 20.5. The number of carboxylic acid groups (broad SMARTS) is 1. The molecule has 0 bridgehead atoms. The van der Waals surface area contributed by atoms with E-state index in [1.54, 1.807) is 19.4 Å². The Morgan fingerprint density at radius 1 is 1.22 bits per heavy atom. The lowest BCUT2D eigenvalue weighted by atomic mass is 10.2. The van der Waals surface area contributed by atoms with E-state index in [2.05, 4.69) is 54.5 Å². The largest absolute Gasteiger partial charge is 0.554 e. The van der Waals surface area contributed by atoms with E-state index in [0.29, 0.717) is 24.3 Å². The first-order valence-corrected chi connectivity index (χ1v) is 11.6. The molecule has 190 valence electrons. The van der Waals surface area contributed by atoms with E-state index in [-0.39, 0.29) is 17.4 Å². The van der Waals surface area contributed by atoms with Crippen LogP contribution in [0, 0.1) is 0 Å². The summed E-state index contributed by atoms with van der Waals surface area (Å²) in [5, 5.41) is 11.2. The summed E-state index contributed by atoms with van der Waals surface area (Å²) < 4.78 is 9.87. The number of carbonyl (C=O) groups excluding carboxylic acids is 2. The third kappa shape index (κ3) is 5.20. The van der Waals surface area contributed by atoms with Crippen molar-refractivity contribution in [2.45, 2.75) is 26.6 Å². The van der Waals surface area contributed by atoms with Crippen LogP contribution in [0.5, 0.6) is 5.75 Å². The number of imidazole rings is 1. The molecule has 11 nitrogen and oxygen atoms in total. The van der Waals surface area contributed by atoms with Crippen molar-refractivity contribution in [2.24, 2.45) is 0 Å². The number of nitrogen functional groups attached to an aromatic ring is 1. The fraction of sp³-hybridized carbons (Fsp3) is 0.192. The maximum atomic E-state index is 13.0. The summed E-state index contributed by atoms with van der Waals surface area (Å²) in [5.41, 5.74) is 10.5. The van der Waals surface area contributed by atoms with Gasteiger partial charge in [0.2, 0.25) is 0 Å². The van der Waals surface area contributed by atoms with E-state index in [1.807, 2.05) is 30.3 Å². The van der Waals surface area contributed by atoms with Crippen molar-refractivity contribution in [2.75, 3.05) is 12.8 Å². The minimum absolute atomic E-state index is 0.0883. The van der Waals surface area contributed by atoms with Crippen LogP contribution in [0.4, 0.5) is 5.82 Å². The molecule has 0 unspecified atom stereocenters. The van der Waals surface area contributed by atoms with Gasteiger partial charge in [0, 0.05) is 18.7 Å². The number of benzene rings is 2. The lowest BCUT2D eigenvalue weighted by molar-refractivity contribution is -0.671. The maximum Gasteiger partial charge on any atom is 0.277 e. The number of aromatic nitrogens is 5. The molecule has 0 aliphatic carbocycles. The first kappa shape index (κ1) is 25.2. The second-order valence-electron chi connectivity index (χ2n) is 8.03. The molecule has 1 amide bonds. The number of nitrogens with one attached hydrogen (secondary N) is 2. The molecule has 0 fully saturated rings. The number of anilines is 1. The predicted octanol–water partition coefficient (Wildman–Crippen LogP) is 1.16. The number of hydrogen-bond donors (Lipinski definition) is 3. The van der Waals surface area contributed by atoms with Crippen molar-refractivity contribution < 1.29 is 24.0 Å². The molecule has 2 aromatic carbocycles. The van der Waals surface area contributed by atoms with Crippen molar-refractivity contribution in [1.82, 2.24) is 24.8 Å². The molecular formula is C26H27N7O4.